The molecule has 2 aliphatic rings. The Labute approximate surface area is 176 Å². The van der Waals surface area contributed by atoms with Gasteiger partial charge < -0.3 is 14.8 Å². The molecule has 0 unspecified atom stereocenters. The van der Waals surface area contributed by atoms with Crippen molar-refractivity contribution in [2.45, 2.75) is 58.4 Å². The van der Waals surface area contributed by atoms with Crippen molar-refractivity contribution >= 4 is 33.4 Å². The molecule has 1 N–H and O–H groups in total. The quantitative estimate of drug-likeness (QED) is 0.705. The van der Waals surface area contributed by atoms with Crippen molar-refractivity contribution in [1.82, 2.24) is 14.8 Å². The average molecular weight is 414 g/mol. The zero-order chi connectivity index (χ0) is 20.2. The summed E-state index contributed by atoms with van der Waals surface area (Å²) in [7, 11) is 0. The first-order chi connectivity index (χ1) is 14.2. The normalized spacial score (nSPS) is 18.1. The zero-order valence-electron chi connectivity index (χ0n) is 17.3. The summed E-state index contributed by atoms with van der Waals surface area (Å²) in [6.45, 7) is 4.92. The van der Waals surface area contributed by atoms with Crippen molar-refractivity contribution in [3.8, 4) is 0 Å². The van der Waals surface area contributed by atoms with Crippen LogP contribution in [-0.2, 0) is 11.3 Å². The molecule has 0 atom stereocenters. The molecule has 0 radical (unpaired) electrons. The minimum absolute atomic E-state index is 0.0286. The van der Waals surface area contributed by atoms with E-state index in [2.05, 4.69) is 34.3 Å². The summed E-state index contributed by atoms with van der Waals surface area (Å²) in [5.74, 6) is 0.283. The van der Waals surface area contributed by atoms with Crippen LogP contribution in [-0.4, -0.2) is 40.9 Å². The number of thiophene rings is 1. The smallest absolute Gasteiger partial charge is 0.270 e. The van der Waals surface area contributed by atoms with Crippen LogP contribution in [0, 0.1) is 5.92 Å². The van der Waals surface area contributed by atoms with Gasteiger partial charge in [0.25, 0.3) is 5.91 Å². The lowest BCUT2D eigenvalue weighted by molar-refractivity contribution is -0.126. The molecule has 1 saturated heterocycles. The molecule has 0 spiro atoms. The third-order valence-electron chi connectivity index (χ3n) is 6.34. The van der Waals surface area contributed by atoms with Gasteiger partial charge in [0, 0.05) is 32.1 Å². The number of hydrogen-bond donors (Lipinski definition) is 1. The molecule has 5 nitrogen and oxygen atoms in total. The molecular formula is C23H31N3O2S. The van der Waals surface area contributed by atoms with E-state index < -0.39 is 0 Å². The van der Waals surface area contributed by atoms with E-state index in [1.54, 1.807) is 11.3 Å². The predicted octanol–water partition coefficient (Wildman–Crippen LogP) is 4.58. The van der Waals surface area contributed by atoms with E-state index in [4.69, 9.17) is 0 Å². The Morgan fingerprint density at radius 1 is 1.24 bits per heavy atom. The molecule has 6 heteroatoms. The summed E-state index contributed by atoms with van der Waals surface area (Å²) in [5, 5.41) is 5.19. The van der Waals surface area contributed by atoms with Crippen LogP contribution in [0.25, 0.3) is 10.2 Å². The Hall–Kier alpha value is -2.08. The molecule has 2 aromatic rings. The number of allylic oxidation sites excluding steroid dienone is 1. The Balaban J connectivity index is 1.28. The van der Waals surface area contributed by atoms with Gasteiger partial charge in [-0.2, -0.15) is 0 Å². The van der Waals surface area contributed by atoms with Gasteiger partial charge in [-0.25, -0.2) is 0 Å². The Kier molecular flexibility index (Phi) is 6.38. The molecule has 1 aliphatic carbocycles. The molecule has 2 aromatic heterocycles. The molecule has 0 saturated carbocycles. The van der Waals surface area contributed by atoms with E-state index >= 15 is 0 Å². The number of nitrogens with one attached hydrogen (secondary N) is 1. The van der Waals surface area contributed by atoms with Gasteiger partial charge in [0.15, 0.2) is 0 Å². The number of aryl methyl sites for hydroxylation is 1. The molecule has 4 rings (SSSR count). The van der Waals surface area contributed by atoms with Gasteiger partial charge in [-0.1, -0.05) is 11.6 Å². The van der Waals surface area contributed by atoms with Crippen LogP contribution >= 0.6 is 11.3 Å². The minimum atomic E-state index is 0.0286. The fourth-order valence-corrected chi connectivity index (χ4v) is 5.45. The lowest BCUT2D eigenvalue weighted by Crippen LogP contribution is -2.43. The van der Waals surface area contributed by atoms with E-state index in [1.807, 2.05) is 11.0 Å². The largest absolute Gasteiger partial charge is 0.356 e. The first kappa shape index (κ1) is 20.2. The van der Waals surface area contributed by atoms with Gasteiger partial charge in [0.2, 0.25) is 5.91 Å². The molecule has 1 aliphatic heterocycles. The van der Waals surface area contributed by atoms with Crippen molar-refractivity contribution in [1.29, 1.82) is 0 Å². The summed E-state index contributed by atoms with van der Waals surface area (Å²) < 4.78 is 3.27. The van der Waals surface area contributed by atoms with Gasteiger partial charge in [-0.3, -0.25) is 9.59 Å². The third-order valence-corrected chi connectivity index (χ3v) is 7.19. The van der Waals surface area contributed by atoms with Crippen LogP contribution in [0.1, 0.15) is 62.4 Å². The standard InChI is InChI=1S/C23H31N3O2S/c1-2-26-19-11-15-29-21(19)16-20(26)23(28)25-13-9-18(10-14-25)22(27)24-12-8-17-6-4-3-5-7-17/h6,11,15-16,18H,2-5,7-10,12-14H2,1H3,(H,24,27). The van der Waals surface area contributed by atoms with E-state index in [9.17, 15) is 9.59 Å². The van der Waals surface area contributed by atoms with Crippen LogP contribution in [0.2, 0.25) is 0 Å². The Bertz CT molecular complexity index is 903. The maximum absolute atomic E-state index is 13.1. The number of piperidine rings is 1. The number of carbonyl (C=O) groups is 2. The highest BCUT2D eigenvalue weighted by Crippen LogP contribution is 2.27. The maximum Gasteiger partial charge on any atom is 0.270 e. The Morgan fingerprint density at radius 2 is 2.07 bits per heavy atom. The fourth-order valence-electron chi connectivity index (χ4n) is 4.62. The molecule has 29 heavy (non-hydrogen) atoms. The summed E-state index contributed by atoms with van der Waals surface area (Å²) in [4.78, 5) is 27.5. The van der Waals surface area contributed by atoms with E-state index in [-0.39, 0.29) is 17.7 Å². The molecule has 3 heterocycles. The number of nitrogens with zero attached hydrogens (tertiary/aromatic N) is 2. The molecule has 2 amide bonds. The second-order valence-electron chi connectivity index (χ2n) is 8.16. The molecule has 156 valence electrons. The maximum atomic E-state index is 13.1. The highest BCUT2D eigenvalue weighted by molar-refractivity contribution is 7.17. The van der Waals surface area contributed by atoms with Crippen molar-refractivity contribution in [3.63, 3.8) is 0 Å². The van der Waals surface area contributed by atoms with Gasteiger partial charge >= 0.3 is 0 Å². The topological polar surface area (TPSA) is 54.3 Å². The van der Waals surface area contributed by atoms with Crippen LogP contribution in [0.5, 0.6) is 0 Å². The monoisotopic (exact) mass is 413 g/mol. The van der Waals surface area contributed by atoms with Crippen LogP contribution in [0.4, 0.5) is 0 Å². The number of fused-ring (bicyclic) bond motifs is 1. The Morgan fingerprint density at radius 3 is 2.79 bits per heavy atom. The van der Waals surface area contributed by atoms with Crippen LogP contribution in [0.15, 0.2) is 29.2 Å². The molecule has 0 bridgehead atoms. The number of likely N-dealkylation sites (tertiary alicyclic amines) is 1. The minimum Gasteiger partial charge on any atom is -0.356 e. The van der Waals surface area contributed by atoms with Crippen LogP contribution < -0.4 is 5.32 Å². The summed E-state index contributed by atoms with van der Waals surface area (Å²) in [6, 6.07) is 4.10. The zero-order valence-corrected chi connectivity index (χ0v) is 18.1. The lowest BCUT2D eigenvalue weighted by Gasteiger charge is -2.31. The van der Waals surface area contributed by atoms with E-state index in [0.717, 1.165) is 48.3 Å². The first-order valence-corrected chi connectivity index (χ1v) is 11.9. The number of aromatic nitrogens is 1. The van der Waals surface area contributed by atoms with Gasteiger partial charge in [-0.05, 0) is 69.4 Å². The third kappa shape index (κ3) is 4.42. The van der Waals surface area contributed by atoms with E-state index in [1.165, 1.54) is 31.3 Å². The van der Waals surface area contributed by atoms with Crippen molar-refractivity contribution in [2.24, 2.45) is 5.92 Å². The van der Waals surface area contributed by atoms with Gasteiger partial charge in [-0.15, -0.1) is 11.3 Å². The summed E-state index contributed by atoms with van der Waals surface area (Å²) >= 11 is 1.68. The number of carbonyl (C=O) groups excluding carboxylic acids is 2. The second-order valence-corrected chi connectivity index (χ2v) is 9.11. The highest BCUT2D eigenvalue weighted by Gasteiger charge is 2.29. The van der Waals surface area contributed by atoms with Crippen molar-refractivity contribution in [3.05, 3.63) is 34.9 Å². The average Bonchev–Trinajstić information content (AvgIpc) is 3.35. The summed E-state index contributed by atoms with van der Waals surface area (Å²) in [6.07, 6.45) is 9.79. The molecule has 0 aromatic carbocycles. The molecule has 1 fully saturated rings. The van der Waals surface area contributed by atoms with Gasteiger partial charge in [0.05, 0.1) is 10.2 Å². The number of amides is 2. The number of hydrogen-bond acceptors (Lipinski definition) is 3. The molecular weight excluding hydrogens is 382 g/mol. The summed E-state index contributed by atoms with van der Waals surface area (Å²) in [5.41, 5.74) is 3.41. The van der Waals surface area contributed by atoms with Crippen LogP contribution in [0.3, 0.4) is 0 Å². The second kappa shape index (κ2) is 9.16. The SMILES string of the molecule is CCn1c(C(=O)N2CCC(C(=O)NCCC3=CCCCC3)CC2)cc2sccc21. The number of rotatable bonds is 6. The lowest BCUT2D eigenvalue weighted by atomic mass is 9.95. The fraction of sp³-hybridized carbons (Fsp3) is 0.565. The van der Waals surface area contributed by atoms with Crippen molar-refractivity contribution in [2.75, 3.05) is 19.6 Å². The van der Waals surface area contributed by atoms with E-state index in [0.29, 0.717) is 13.1 Å². The van der Waals surface area contributed by atoms with Gasteiger partial charge in [0.1, 0.15) is 5.69 Å². The predicted molar refractivity (Wildman–Crippen MR) is 118 cm³/mol. The van der Waals surface area contributed by atoms with Crippen molar-refractivity contribution < 1.29 is 9.59 Å². The highest BCUT2D eigenvalue weighted by atomic mass is 32.1. The first-order valence-electron chi connectivity index (χ1n) is 11.0.